The summed E-state index contributed by atoms with van der Waals surface area (Å²) in [6, 6.07) is 16.6. The Morgan fingerprint density at radius 1 is 0.618 bits per heavy atom. The average molecular weight is 486 g/mol. The van der Waals surface area contributed by atoms with Gasteiger partial charge in [0.1, 0.15) is 0 Å². The van der Waals surface area contributed by atoms with Gasteiger partial charge in [-0.1, -0.05) is 59.6 Å². The molecule has 2 aliphatic rings. The molecule has 2 aromatic carbocycles. The van der Waals surface area contributed by atoms with Crippen molar-refractivity contribution in [2.24, 2.45) is 0 Å². The predicted octanol–water partition coefficient (Wildman–Crippen LogP) is 7.31. The van der Waals surface area contributed by atoms with Crippen LogP contribution in [0.5, 0.6) is 0 Å². The molecule has 3 heterocycles. The van der Waals surface area contributed by atoms with Gasteiger partial charge in [-0.15, -0.1) is 0 Å². The van der Waals surface area contributed by atoms with Gasteiger partial charge in [-0.3, -0.25) is 9.97 Å². The van der Waals surface area contributed by atoms with Gasteiger partial charge in [0.15, 0.2) is 0 Å². The molecule has 1 aliphatic heterocycles. The van der Waals surface area contributed by atoms with Crippen LogP contribution in [0.25, 0.3) is 33.6 Å². The van der Waals surface area contributed by atoms with Crippen molar-refractivity contribution in [3.8, 4) is 33.6 Å². The van der Waals surface area contributed by atoms with Gasteiger partial charge in [-0.2, -0.15) is 0 Å². The fraction of sp³-hybridized carbons (Fsp3) is 0.241. The molecular weight excluding hydrogens is 461 g/mol. The van der Waals surface area contributed by atoms with Crippen molar-refractivity contribution in [1.82, 2.24) is 15.3 Å². The monoisotopic (exact) mass is 485 g/mol. The second-order valence-electron chi connectivity index (χ2n) is 9.14. The van der Waals surface area contributed by atoms with Crippen LogP contribution < -0.4 is 5.32 Å². The molecule has 0 amide bonds. The molecule has 6 rings (SSSR count). The standard InChI is InChI=1S/C29H25Cl2N3/c30-28-22(7-3-9-24(28)26-13-18-5-1-2-6-20(18)16-33-26)23-8-4-10-25(29(23)31)27-14-19-11-12-32-15-21(19)17-34-27/h3-4,7-10,13-14,16-17,32H,1-2,5-6,11-12,15H2. The molecule has 2 aromatic heterocycles. The van der Waals surface area contributed by atoms with Crippen molar-refractivity contribution in [1.29, 1.82) is 0 Å². The third kappa shape index (κ3) is 3.92. The lowest BCUT2D eigenvalue weighted by Gasteiger charge is -2.18. The Labute approximate surface area is 210 Å². The average Bonchev–Trinajstić information content (AvgIpc) is 2.89. The lowest BCUT2D eigenvalue weighted by molar-refractivity contribution is 0.641. The molecule has 0 saturated carbocycles. The summed E-state index contributed by atoms with van der Waals surface area (Å²) in [5.74, 6) is 0. The van der Waals surface area contributed by atoms with E-state index in [1.807, 2.05) is 48.8 Å². The zero-order chi connectivity index (χ0) is 23.1. The van der Waals surface area contributed by atoms with Crippen LogP contribution in [0.3, 0.4) is 0 Å². The van der Waals surface area contributed by atoms with Crippen LogP contribution in [0.2, 0.25) is 10.0 Å². The number of hydrogen-bond acceptors (Lipinski definition) is 3. The van der Waals surface area contributed by atoms with Crippen molar-refractivity contribution >= 4 is 23.2 Å². The summed E-state index contributed by atoms with van der Waals surface area (Å²) in [6.45, 7) is 1.86. The highest BCUT2D eigenvalue weighted by molar-refractivity contribution is 6.39. The maximum atomic E-state index is 7.00. The summed E-state index contributed by atoms with van der Waals surface area (Å²) in [6.07, 6.45) is 9.71. The van der Waals surface area contributed by atoms with Gasteiger partial charge in [0.05, 0.1) is 21.4 Å². The number of nitrogens with one attached hydrogen (secondary N) is 1. The van der Waals surface area contributed by atoms with Gasteiger partial charge >= 0.3 is 0 Å². The van der Waals surface area contributed by atoms with E-state index in [4.69, 9.17) is 33.2 Å². The molecule has 0 unspecified atom stereocenters. The minimum atomic E-state index is 0.668. The largest absolute Gasteiger partial charge is 0.312 e. The molecule has 4 aromatic rings. The Kier molecular flexibility index (Phi) is 5.86. The quantitative estimate of drug-likeness (QED) is 0.330. The number of fused-ring (bicyclic) bond motifs is 2. The van der Waals surface area contributed by atoms with Crippen LogP contribution in [0, 0.1) is 0 Å². The molecule has 34 heavy (non-hydrogen) atoms. The van der Waals surface area contributed by atoms with Crippen LogP contribution in [0.4, 0.5) is 0 Å². The summed E-state index contributed by atoms with van der Waals surface area (Å²) in [5, 5.41) is 4.74. The lowest BCUT2D eigenvalue weighted by Crippen LogP contribution is -2.23. The molecule has 5 heteroatoms. The van der Waals surface area contributed by atoms with Crippen LogP contribution in [-0.4, -0.2) is 16.5 Å². The van der Waals surface area contributed by atoms with E-state index in [9.17, 15) is 0 Å². The number of rotatable bonds is 3. The van der Waals surface area contributed by atoms with E-state index in [0.29, 0.717) is 10.0 Å². The molecule has 1 aliphatic carbocycles. The normalized spacial score (nSPS) is 15.0. The Morgan fingerprint density at radius 2 is 1.15 bits per heavy atom. The van der Waals surface area contributed by atoms with E-state index in [2.05, 4.69) is 17.4 Å². The number of halogens is 2. The first-order chi connectivity index (χ1) is 16.7. The van der Waals surface area contributed by atoms with Gasteiger partial charge in [0.2, 0.25) is 0 Å². The summed E-state index contributed by atoms with van der Waals surface area (Å²) in [5.41, 5.74) is 10.9. The van der Waals surface area contributed by atoms with E-state index in [1.54, 1.807) is 0 Å². The number of benzene rings is 2. The Bertz CT molecular complexity index is 1290. The van der Waals surface area contributed by atoms with Crippen molar-refractivity contribution in [2.45, 2.75) is 38.6 Å². The minimum Gasteiger partial charge on any atom is -0.312 e. The minimum absolute atomic E-state index is 0.668. The third-order valence-corrected chi connectivity index (χ3v) is 7.85. The van der Waals surface area contributed by atoms with Crippen LogP contribution in [0.1, 0.15) is 35.1 Å². The number of nitrogens with zero attached hydrogens (tertiary/aromatic N) is 2. The molecular formula is C29H25Cl2N3. The van der Waals surface area contributed by atoms with Crippen LogP contribution in [0.15, 0.2) is 60.9 Å². The first-order valence-electron chi connectivity index (χ1n) is 11.9. The summed E-state index contributed by atoms with van der Waals surface area (Å²) < 4.78 is 0. The predicted molar refractivity (Wildman–Crippen MR) is 140 cm³/mol. The van der Waals surface area contributed by atoms with Crippen molar-refractivity contribution in [3.63, 3.8) is 0 Å². The van der Waals surface area contributed by atoms with Gasteiger partial charge in [0.25, 0.3) is 0 Å². The van der Waals surface area contributed by atoms with E-state index in [-0.39, 0.29) is 0 Å². The lowest BCUT2D eigenvalue weighted by atomic mass is 9.91. The molecule has 0 spiro atoms. The molecule has 0 saturated heterocycles. The van der Waals surface area contributed by atoms with Crippen molar-refractivity contribution < 1.29 is 0 Å². The van der Waals surface area contributed by atoms with Gasteiger partial charge < -0.3 is 5.32 Å². The topological polar surface area (TPSA) is 37.8 Å². The zero-order valence-corrected chi connectivity index (χ0v) is 20.4. The molecule has 0 bridgehead atoms. The maximum absolute atomic E-state index is 7.00. The van der Waals surface area contributed by atoms with E-state index in [0.717, 1.165) is 66.0 Å². The zero-order valence-electron chi connectivity index (χ0n) is 18.9. The van der Waals surface area contributed by atoms with Crippen LogP contribution >= 0.6 is 23.2 Å². The first kappa shape index (κ1) is 21.8. The van der Waals surface area contributed by atoms with Crippen LogP contribution in [-0.2, 0) is 25.8 Å². The van der Waals surface area contributed by atoms with Gasteiger partial charge in [-0.25, -0.2) is 0 Å². The van der Waals surface area contributed by atoms with Gasteiger partial charge in [-0.05, 0) is 73.0 Å². The summed E-state index contributed by atoms with van der Waals surface area (Å²) in [4.78, 5) is 9.47. The Morgan fingerprint density at radius 3 is 1.79 bits per heavy atom. The number of pyridine rings is 2. The summed E-state index contributed by atoms with van der Waals surface area (Å²) >= 11 is 14.0. The smallest absolute Gasteiger partial charge is 0.0720 e. The highest BCUT2D eigenvalue weighted by Crippen LogP contribution is 2.42. The second kappa shape index (κ2) is 9.14. The molecule has 170 valence electrons. The SMILES string of the molecule is Clc1c(-c2cc3c(cn2)CCCC3)cccc1-c1cccc(-c2cc3c(cn2)CNCC3)c1Cl. The van der Waals surface area contributed by atoms with Crippen molar-refractivity contribution in [2.75, 3.05) is 6.54 Å². The molecule has 3 nitrogen and oxygen atoms in total. The molecule has 0 radical (unpaired) electrons. The number of aromatic nitrogens is 2. The molecule has 0 atom stereocenters. The first-order valence-corrected chi connectivity index (χ1v) is 12.7. The van der Waals surface area contributed by atoms with Gasteiger partial charge in [0, 0.05) is 41.2 Å². The fourth-order valence-electron chi connectivity index (χ4n) is 5.15. The highest BCUT2D eigenvalue weighted by Gasteiger charge is 2.19. The third-order valence-electron chi connectivity index (χ3n) is 7.03. The molecule has 0 fully saturated rings. The maximum Gasteiger partial charge on any atom is 0.0720 e. The van der Waals surface area contributed by atoms with E-state index < -0.39 is 0 Å². The Hall–Kier alpha value is -2.72. The van der Waals surface area contributed by atoms with E-state index >= 15 is 0 Å². The Balaban J connectivity index is 1.42. The number of aryl methyl sites for hydroxylation is 2. The number of hydrogen-bond donors (Lipinski definition) is 1. The van der Waals surface area contributed by atoms with Crippen molar-refractivity contribution in [3.05, 3.63) is 93.2 Å². The second-order valence-corrected chi connectivity index (χ2v) is 9.90. The fourth-order valence-corrected chi connectivity index (χ4v) is 5.80. The summed E-state index contributed by atoms with van der Waals surface area (Å²) in [7, 11) is 0. The molecule has 1 N–H and O–H groups in total. The van der Waals surface area contributed by atoms with E-state index in [1.165, 1.54) is 35.1 Å². The highest BCUT2D eigenvalue weighted by atomic mass is 35.5.